The number of likely N-dealkylation sites (N-methyl/N-ethyl adjacent to an activating group) is 1. The van der Waals surface area contributed by atoms with E-state index in [4.69, 9.17) is 0 Å². The molecule has 0 radical (unpaired) electrons. The molecule has 1 aromatic carbocycles. The van der Waals surface area contributed by atoms with E-state index in [0.29, 0.717) is 0 Å². The molecule has 1 aliphatic heterocycles. The summed E-state index contributed by atoms with van der Waals surface area (Å²) in [5, 5.41) is 8.42. The lowest BCUT2D eigenvalue weighted by Gasteiger charge is -2.34. The van der Waals surface area contributed by atoms with E-state index >= 15 is 0 Å². The molecule has 1 aliphatic rings. The second kappa shape index (κ2) is 6.81. The zero-order valence-corrected chi connectivity index (χ0v) is 13.4. The Kier molecular flexibility index (Phi) is 4.60. The summed E-state index contributed by atoms with van der Waals surface area (Å²) in [5.74, 6) is 0. The Morgan fingerprint density at radius 1 is 1.05 bits per heavy atom. The first-order chi connectivity index (χ1) is 10.7. The van der Waals surface area contributed by atoms with Crippen molar-refractivity contribution in [2.24, 2.45) is 0 Å². The molecule has 0 spiro atoms. The van der Waals surface area contributed by atoms with Crippen LogP contribution in [0.3, 0.4) is 0 Å². The second-order valence-electron chi connectivity index (χ2n) is 5.39. The fraction of sp³-hybridized carbons (Fsp3) is 0.312. The van der Waals surface area contributed by atoms with Gasteiger partial charge in [-0.05, 0) is 48.8 Å². The molecule has 0 aliphatic carbocycles. The highest BCUT2D eigenvalue weighted by molar-refractivity contribution is 7.14. The van der Waals surface area contributed by atoms with Crippen LogP contribution in [-0.4, -0.2) is 44.2 Å². The molecule has 2 N–H and O–H groups in total. The summed E-state index contributed by atoms with van der Waals surface area (Å²) in [6, 6.07) is 11.6. The fourth-order valence-electron chi connectivity index (χ4n) is 2.44. The molecular weight excluding hydrogens is 296 g/mol. The lowest BCUT2D eigenvalue weighted by Crippen LogP contribution is -2.44. The van der Waals surface area contributed by atoms with E-state index in [0.717, 1.165) is 36.9 Å². The van der Waals surface area contributed by atoms with Crippen molar-refractivity contribution < 1.29 is 4.79 Å². The van der Waals surface area contributed by atoms with E-state index in [1.165, 1.54) is 17.0 Å². The van der Waals surface area contributed by atoms with Crippen LogP contribution in [-0.2, 0) is 0 Å². The number of thiophene rings is 1. The Hall–Kier alpha value is -2.05. The van der Waals surface area contributed by atoms with Crippen LogP contribution >= 0.6 is 11.3 Å². The number of carbonyl (C=O) groups excluding carboxylic acids is 1. The molecule has 1 aromatic heterocycles. The Bertz CT molecular complexity index is 604. The van der Waals surface area contributed by atoms with E-state index in [1.54, 1.807) is 0 Å². The number of benzene rings is 1. The third kappa shape index (κ3) is 3.78. The monoisotopic (exact) mass is 316 g/mol. The number of urea groups is 1. The molecule has 5 nitrogen and oxygen atoms in total. The first-order valence-electron chi connectivity index (χ1n) is 7.36. The summed E-state index contributed by atoms with van der Waals surface area (Å²) >= 11 is 1.50. The molecule has 1 fully saturated rings. The van der Waals surface area contributed by atoms with E-state index < -0.39 is 0 Å². The van der Waals surface area contributed by atoms with Crippen LogP contribution in [0.25, 0.3) is 0 Å². The average molecular weight is 316 g/mol. The predicted octanol–water partition coefficient (Wildman–Crippen LogP) is 3.14. The van der Waals surface area contributed by atoms with Gasteiger partial charge in [-0.1, -0.05) is 0 Å². The zero-order chi connectivity index (χ0) is 15.4. The number of nitrogens with zero attached hydrogens (tertiary/aromatic N) is 2. The number of rotatable bonds is 3. The zero-order valence-electron chi connectivity index (χ0n) is 12.6. The van der Waals surface area contributed by atoms with Gasteiger partial charge in [0.1, 0.15) is 0 Å². The Morgan fingerprint density at radius 2 is 1.77 bits per heavy atom. The van der Waals surface area contributed by atoms with Gasteiger partial charge in [-0.25, -0.2) is 4.79 Å². The van der Waals surface area contributed by atoms with E-state index in [1.807, 2.05) is 29.6 Å². The normalized spacial score (nSPS) is 15.6. The van der Waals surface area contributed by atoms with Gasteiger partial charge < -0.3 is 15.1 Å². The molecule has 2 aromatic rings. The minimum atomic E-state index is -0.213. The highest BCUT2D eigenvalue weighted by atomic mass is 32.1. The van der Waals surface area contributed by atoms with Gasteiger partial charge in [-0.15, -0.1) is 11.3 Å². The molecule has 1 saturated heterocycles. The maximum absolute atomic E-state index is 11.9. The van der Waals surface area contributed by atoms with Gasteiger partial charge in [0.05, 0.1) is 5.00 Å². The summed E-state index contributed by atoms with van der Waals surface area (Å²) in [6.45, 7) is 4.26. The number of hydrogen-bond donors (Lipinski definition) is 2. The maximum atomic E-state index is 11.9. The van der Waals surface area contributed by atoms with E-state index in [-0.39, 0.29) is 6.03 Å². The Labute approximate surface area is 134 Å². The van der Waals surface area contributed by atoms with Crippen molar-refractivity contribution in [2.45, 2.75) is 0 Å². The van der Waals surface area contributed by atoms with Crippen molar-refractivity contribution in [3.8, 4) is 0 Å². The SMILES string of the molecule is CN1CCN(c2ccc(NC(=O)Nc3cccs3)cc2)CC1. The first kappa shape index (κ1) is 14.9. The van der Waals surface area contributed by atoms with Gasteiger partial charge in [0.2, 0.25) is 0 Å². The third-order valence-corrected chi connectivity index (χ3v) is 4.54. The maximum Gasteiger partial charge on any atom is 0.324 e. The molecule has 0 atom stereocenters. The van der Waals surface area contributed by atoms with Crippen LogP contribution in [0.5, 0.6) is 0 Å². The van der Waals surface area contributed by atoms with Gasteiger partial charge in [0, 0.05) is 37.6 Å². The van der Waals surface area contributed by atoms with Crippen LogP contribution < -0.4 is 15.5 Å². The summed E-state index contributed by atoms with van der Waals surface area (Å²) in [6.07, 6.45) is 0. The summed E-state index contributed by atoms with van der Waals surface area (Å²) in [5.41, 5.74) is 2.00. The largest absolute Gasteiger partial charge is 0.369 e. The minimum absolute atomic E-state index is 0.213. The standard InChI is InChI=1S/C16H20N4OS/c1-19-8-10-20(11-9-19)14-6-4-13(5-7-14)17-16(21)18-15-3-2-12-22-15/h2-7,12H,8-11H2,1H3,(H2,17,18,21). The molecule has 0 unspecified atom stereocenters. The first-order valence-corrected chi connectivity index (χ1v) is 8.24. The van der Waals surface area contributed by atoms with Gasteiger partial charge in [0.25, 0.3) is 0 Å². The lowest BCUT2D eigenvalue weighted by atomic mass is 10.2. The topological polar surface area (TPSA) is 47.6 Å². The van der Waals surface area contributed by atoms with Crippen LogP contribution in [0.15, 0.2) is 41.8 Å². The fourth-order valence-corrected chi connectivity index (χ4v) is 3.06. The molecular formula is C16H20N4OS. The second-order valence-corrected chi connectivity index (χ2v) is 6.34. The van der Waals surface area contributed by atoms with Crippen LogP contribution in [0, 0.1) is 0 Å². The van der Waals surface area contributed by atoms with Gasteiger partial charge in [-0.2, -0.15) is 0 Å². The quantitative estimate of drug-likeness (QED) is 0.914. The van der Waals surface area contributed by atoms with Gasteiger partial charge in [0.15, 0.2) is 0 Å². The molecule has 3 rings (SSSR count). The van der Waals surface area contributed by atoms with Crippen molar-refractivity contribution in [1.29, 1.82) is 0 Å². The smallest absolute Gasteiger partial charge is 0.324 e. The van der Waals surface area contributed by atoms with Crippen molar-refractivity contribution in [3.05, 3.63) is 41.8 Å². The van der Waals surface area contributed by atoms with Crippen molar-refractivity contribution in [2.75, 3.05) is 48.8 Å². The average Bonchev–Trinajstić information content (AvgIpc) is 3.02. The molecule has 0 saturated carbocycles. The number of anilines is 3. The summed E-state index contributed by atoms with van der Waals surface area (Å²) < 4.78 is 0. The van der Waals surface area contributed by atoms with E-state index in [9.17, 15) is 4.79 Å². The molecule has 2 amide bonds. The highest BCUT2D eigenvalue weighted by Gasteiger charge is 2.14. The molecule has 2 heterocycles. The van der Waals surface area contributed by atoms with Crippen LogP contribution in [0.1, 0.15) is 0 Å². The Morgan fingerprint density at radius 3 is 2.41 bits per heavy atom. The van der Waals surface area contributed by atoms with Crippen LogP contribution in [0.4, 0.5) is 21.2 Å². The highest BCUT2D eigenvalue weighted by Crippen LogP contribution is 2.20. The Balaban J connectivity index is 1.56. The summed E-state index contributed by atoms with van der Waals surface area (Å²) in [4.78, 5) is 16.6. The number of amides is 2. The number of piperazine rings is 1. The molecule has 6 heteroatoms. The number of hydrogen-bond acceptors (Lipinski definition) is 4. The predicted molar refractivity (Wildman–Crippen MR) is 93.1 cm³/mol. The summed E-state index contributed by atoms with van der Waals surface area (Å²) in [7, 11) is 2.15. The lowest BCUT2D eigenvalue weighted by molar-refractivity contribution is 0.262. The van der Waals surface area contributed by atoms with Gasteiger partial charge >= 0.3 is 6.03 Å². The van der Waals surface area contributed by atoms with Crippen molar-refractivity contribution >= 4 is 33.7 Å². The van der Waals surface area contributed by atoms with Crippen molar-refractivity contribution in [1.82, 2.24) is 4.90 Å². The van der Waals surface area contributed by atoms with Crippen LogP contribution in [0.2, 0.25) is 0 Å². The number of carbonyl (C=O) groups is 1. The minimum Gasteiger partial charge on any atom is -0.369 e. The van der Waals surface area contributed by atoms with E-state index in [2.05, 4.69) is 39.6 Å². The van der Waals surface area contributed by atoms with Gasteiger partial charge in [-0.3, -0.25) is 5.32 Å². The third-order valence-electron chi connectivity index (χ3n) is 3.75. The molecule has 22 heavy (non-hydrogen) atoms. The van der Waals surface area contributed by atoms with Crippen molar-refractivity contribution in [3.63, 3.8) is 0 Å². The molecule has 0 bridgehead atoms. The molecule has 116 valence electrons. The number of nitrogens with one attached hydrogen (secondary N) is 2.